The number of pyridine rings is 1. The number of nitrogens with one attached hydrogen (secondary N) is 1. The Kier molecular flexibility index (Phi) is 5.05. The van der Waals surface area contributed by atoms with Crippen LogP contribution < -0.4 is 5.32 Å². The van der Waals surface area contributed by atoms with Crippen LogP contribution in [0.5, 0.6) is 0 Å². The Morgan fingerprint density at radius 1 is 1.32 bits per heavy atom. The van der Waals surface area contributed by atoms with Crippen molar-refractivity contribution < 1.29 is 0 Å². The van der Waals surface area contributed by atoms with Crippen molar-refractivity contribution in [3.8, 4) is 10.7 Å². The molecule has 0 bridgehead atoms. The van der Waals surface area contributed by atoms with E-state index >= 15 is 0 Å². The lowest BCUT2D eigenvalue weighted by Gasteiger charge is -2.02. The summed E-state index contributed by atoms with van der Waals surface area (Å²) < 4.78 is 0. The van der Waals surface area contributed by atoms with Crippen molar-refractivity contribution in [3.63, 3.8) is 0 Å². The van der Waals surface area contributed by atoms with E-state index in [2.05, 4.69) is 30.2 Å². The molecule has 2 heterocycles. The second kappa shape index (κ2) is 6.78. The normalized spacial score (nSPS) is 10.9. The van der Waals surface area contributed by atoms with E-state index in [9.17, 15) is 0 Å². The fraction of sp³-hybridized carbons (Fsp3) is 0.467. The van der Waals surface area contributed by atoms with Crippen LogP contribution in [0.15, 0.2) is 18.3 Å². The molecular formula is C15H21N3S. The minimum Gasteiger partial charge on any atom is -0.315 e. The first kappa shape index (κ1) is 14.2. The van der Waals surface area contributed by atoms with E-state index in [0.29, 0.717) is 0 Å². The molecule has 0 unspecified atom stereocenters. The summed E-state index contributed by atoms with van der Waals surface area (Å²) in [4.78, 5) is 10.7. The van der Waals surface area contributed by atoms with E-state index in [1.807, 2.05) is 19.3 Å². The maximum atomic E-state index is 4.81. The molecule has 0 aromatic carbocycles. The van der Waals surface area contributed by atoms with Crippen LogP contribution in [0.1, 0.15) is 36.4 Å². The molecule has 0 fully saturated rings. The third-order valence-corrected chi connectivity index (χ3v) is 4.18. The van der Waals surface area contributed by atoms with Gasteiger partial charge in [-0.3, -0.25) is 4.98 Å². The smallest absolute Gasteiger partial charge is 0.142 e. The van der Waals surface area contributed by atoms with Crippen LogP contribution in [0.3, 0.4) is 0 Å². The first-order chi connectivity index (χ1) is 9.30. The molecule has 0 atom stereocenters. The van der Waals surface area contributed by atoms with E-state index in [4.69, 9.17) is 4.98 Å². The van der Waals surface area contributed by atoms with Gasteiger partial charge in [0.25, 0.3) is 0 Å². The van der Waals surface area contributed by atoms with Gasteiger partial charge < -0.3 is 5.32 Å². The molecule has 1 N–H and O–H groups in total. The predicted octanol–water partition coefficient (Wildman–Crippen LogP) is 3.44. The van der Waals surface area contributed by atoms with Gasteiger partial charge in [0.05, 0.1) is 5.69 Å². The Labute approximate surface area is 119 Å². The summed E-state index contributed by atoms with van der Waals surface area (Å²) >= 11 is 1.77. The van der Waals surface area contributed by atoms with Gasteiger partial charge in [-0.05, 0) is 31.5 Å². The van der Waals surface area contributed by atoms with Crippen LogP contribution in [-0.2, 0) is 19.4 Å². The molecule has 0 saturated carbocycles. The summed E-state index contributed by atoms with van der Waals surface area (Å²) in [6.45, 7) is 5.25. The molecule has 0 spiro atoms. The molecule has 19 heavy (non-hydrogen) atoms. The number of nitrogens with zero attached hydrogens (tertiary/aromatic N) is 2. The molecule has 3 nitrogen and oxygen atoms in total. The van der Waals surface area contributed by atoms with E-state index in [1.54, 1.807) is 11.3 Å². The first-order valence-electron chi connectivity index (χ1n) is 6.87. The van der Waals surface area contributed by atoms with Crippen molar-refractivity contribution in [1.82, 2.24) is 15.3 Å². The van der Waals surface area contributed by atoms with Gasteiger partial charge in [-0.25, -0.2) is 4.98 Å². The predicted molar refractivity (Wildman–Crippen MR) is 81.5 cm³/mol. The highest BCUT2D eigenvalue weighted by molar-refractivity contribution is 7.15. The zero-order valence-electron chi connectivity index (χ0n) is 11.9. The van der Waals surface area contributed by atoms with Gasteiger partial charge in [-0.2, -0.15) is 0 Å². The van der Waals surface area contributed by atoms with Gasteiger partial charge in [-0.15, -0.1) is 11.3 Å². The van der Waals surface area contributed by atoms with Crippen molar-refractivity contribution in [2.75, 3.05) is 7.05 Å². The molecule has 0 aliphatic carbocycles. The van der Waals surface area contributed by atoms with Gasteiger partial charge in [0.1, 0.15) is 10.7 Å². The fourth-order valence-corrected chi connectivity index (χ4v) is 3.28. The quantitative estimate of drug-likeness (QED) is 0.877. The summed E-state index contributed by atoms with van der Waals surface area (Å²) in [5.41, 5.74) is 3.55. The molecule has 2 aromatic rings. The van der Waals surface area contributed by atoms with Crippen LogP contribution in [0.4, 0.5) is 0 Å². The number of hydrogen-bond donors (Lipinski definition) is 1. The number of rotatable bonds is 6. The highest BCUT2D eigenvalue weighted by atomic mass is 32.1. The first-order valence-corrected chi connectivity index (χ1v) is 7.69. The van der Waals surface area contributed by atoms with Crippen LogP contribution in [-0.4, -0.2) is 17.0 Å². The van der Waals surface area contributed by atoms with E-state index in [-0.39, 0.29) is 0 Å². The van der Waals surface area contributed by atoms with Gasteiger partial charge in [0.15, 0.2) is 0 Å². The van der Waals surface area contributed by atoms with Crippen LogP contribution in [0.25, 0.3) is 10.7 Å². The minimum absolute atomic E-state index is 0.890. The summed E-state index contributed by atoms with van der Waals surface area (Å²) in [6, 6.07) is 4.14. The largest absolute Gasteiger partial charge is 0.315 e. The van der Waals surface area contributed by atoms with Crippen molar-refractivity contribution >= 4 is 11.3 Å². The van der Waals surface area contributed by atoms with E-state index in [0.717, 1.165) is 36.5 Å². The molecule has 0 radical (unpaired) electrons. The molecule has 0 aliphatic heterocycles. The molecule has 2 rings (SSSR count). The second-order valence-corrected chi connectivity index (χ2v) is 5.62. The van der Waals surface area contributed by atoms with Gasteiger partial charge in [-0.1, -0.05) is 26.3 Å². The number of aryl methyl sites for hydroxylation is 2. The van der Waals surface area contributed by atoms with E-state index < -0.39 is 0 Å². The van der Waals surface area contributed by atoms with Gasteiger partial charge in [0, 0.05) is 17.6 Å². The topological polar surface area (TPSA) is 37.8 Å². The maximum Gasteiger partial charge on any atom is 0.142 e. The van der Waals surface area contributed by atoms with Crippen molar-refractivity contribution in [2.24, 2.45) is 0 Å². The SMILES string of the molecule is CCCc1nc(-c2ncccc2CC)sc1CNC. The monoisotopic (exact) mass is 275 g/mol. The highest BCUT2D eigenvalue weighted by Crippen LogP contribution is 2.29. The summed E-state index contributed by atoms with van der Waals surface area (Å²) in [6.07, 6.45) is 5.02. The summed E-state index contributed by atoms with van der Waals surface area (Å²) in [5, 5.41) is 4.29. The standard InChI is InChI=1S/C15H21N3S/c1-4-7-12-13(10-16-3)19-15(18-12)14-11(5-2)8-6-9-17-14/h6,8-9,16H,4-5,7,10H2,1-3H3. The molecule has 0 amide bonds. The minimum atomic E-state index is 0.890. The molecule has 0 saturated heterocycles. The third kappa shape index (κ3) is 3.19. The summed E-state index contributed by atoms with van der Waals surface area (Å²) in [5.74, 6) is 0. The molecular weight excluding hydrogens is 254 g/mol. The molecule has 2 aromatic heterocycles. The lowest BCUT2D eigenvalue weighted by atomic mass is 10.1. The van der Waals surface area contributed by atoms with Crippen molar-refractivity contribution in [1.29, 1.82) is 0 Å². The van der Waals surface area contributed by atoms with Crippen LogP contribution in [0.2, 0.25) is 0 Å². The Bertz CT molecular complexity index is 510. The Hall–Kier alpha value is -1.26. The average molecular weight is 275 g/mol. The lowest BCUT2D eigenvalue weighted by Crippen LogP contribution is -2.05. The second-order valence-electron chi connectivity index (χ2n) is 4.53. The van der Waals surface area contributed by atoms with Crippen molar-refractivity contribution in [2.45, 2.75) is 39.7 Å². The highest BCUT2D eigenvalue weighted by Gasteiger charge is 2.14. The Morgan fingerprint density at radius 3 is 2.84 bits per heavy atom. The van der Waals surface area contributed by atoms with Crippen LogP contribution in [0, 0.1) is 0 Å². The molecule has 102 valence electrons. The van der Waals surface area contributed by atoms with Crippen molar-refractivity contribution in [3.05, 3.63) is 34.5 Å². The number of aromatic nitrogens is 2. The third-order valence-electron chi connectivity index (χ3n) is 3.08. The van der Waals surface area contributed by atoms with Gasteiger partial charge in [0.2, 0.25) is 0 Å². The number of hydrogen-bond acceptors (Lipinski definition) is 4. The van der Waals surface area contributed by atoms with Gasteiger partial charge >= 0.3 is 0 Å². The number of thiazole rings is 1. The zero-order valence-corrected chi connectivity index (χ0v) is 12.7. The molecule has 0 aliphatic rings. The maximum absolute atomic E-state index is 4.81. The van der Waals surface area contributed by atoms with E-state index in [1.165, 1.54) is 16.1 Å². The van der Waals surface area contributed by atoms with Crippen LogP contribution >= 0.6 is 11.3 Å². The fourth-order valence-electron chi connectivity index (χ4n) is 2.13. The average Bonchev–Trinajstić information content (AvgIpc) is 2.83. The summed E-state index contributed by atoms with van der Waals surface area (Å²) in [7, 11) is 1.98. The lowest BCUT2D eigenvalue weighted by molar-refractivity contribution is 0.798. The Balaban J connectivity index is 2.41. The Morgan fingerprint density at radius 2 is 2.16 bits per heavy atom. The molecule has 4 heteroatoms. The zero-order chi connectivity index (χ0) is 13.7.